The minimum absolute atomic E-state index is 0.0364. The van der Waals surface area contributed by atoms with Gasteiger partial charge in [-0.15, -0.1) is 0 Å². The Labute approximate surface area is 86.9 Å². The van der Waals surface area contributed by atoms with Crippen LogP contribution in [0.1, 0.15) is 17.0 Å². The highest BCUT2D eigenvalue weighted by Gasteiger charge is 2.11. The Morgan fingerprint density at radius 1 is 1.54 bits per heavy atom. The van der Waals surface area contributed by atoms with Gasteiger partial charge in [-0.1, -0.05) is 33.6 Å². The summed E-state index contributed by atoms with van der Waals surface area (Å²) in [4.78, 5) is 0. The summed E-state index contributed by atoms with van der Waals surface area (Å²) in [6.45, 7) is 2.60. The fourth-order valence-corrected chi connectivity index (χ4v) is 1.85. The summed E-state index contributed by atoms with van der Waals surface area (Å²) in [5, 5.41) is 9.09. The van der Waals surface area contributed by atoms with E-state index in [1.807, 2.05) is 19.1 Å². The number of hydrogen-bond donors (Lipinski definition) is 2. The first-order chi connectivity index (χ1) is 6.19. The molecular weight excluding hydrogens is 230 g/mol. The Morgan fingerprint density at radius 3 is 2.77 bits per heavy atom. The first-order valence-electron chi connectivity index (χ1n) is 4.26. The molecule has 0 fully saturated rings. The molecule has 0 spiro atoms. The third-order valence-corrected chi connectivity index (χ3v) is 2.82. The molecule has 0 aliphatic heterocycles. The lowest BCUT2D eigenvalue weighted by atomic mass is 9.98. The van der Waals surface area contributed by atoms with E-state index in [9.17, 15) is 0 Å². The molecule has 0 radical (unpaired) electrons. The van der Waals surface area contributed by atoms with Crippen molar-refractivity contribution in [2.24, 2.45) is 5.73 Å². The minimum Gasteiger partial charge on any atom is -0.396 e. The van der Waals surface area contributed by atoms with Gasteiger partial charge in [0.1, 0.15) is 0 Å². The Hall–Kier alpha value is -0.380. The predicted octanol–water partition coefficient (Wildman–Crippen LogP) is 1.79. The van der Waals surface area contributed by atoms with Crippen LogP contribution in [0.2, 0.25) is 0 Å². The lowest BCUT2D eigenvalue weighted by Crippen LogP contribution is -2.16. The summed E-state index contributed by atoms with van der Waals surface area (Å²) >= 11 is 3.45. The molecule has 0 saturated carbocycles. The van der Waals surface area contributed by atoms with E-state index in [1.165, 1.54) is 5.56 Å². The summed E-state index contributed by atoms with van der Waals surface area (Å²) in [5.41, 5.74) is 7.83. The molecule has 1 aromatic carbocycles. The van der Waals surface area contributed by atoms with Gasteiger partial charge in [0.2, 0.25) is 0 Å². The molecule has 1 unspecified atom stereocenters. The normalized spacial score (nSPS) is 12.9. The van der Waals surface area contributed by atoms with Crippen molar-refractivity contribution in [3.05, 3.63) is 33.8 Å². The lowest BCUT2D eigenvalue weighted by Gasteiger charge is -2.14. The zero-order valence-electron chi connectivity index (χ0n) is 7.63. The number of hydrogen-bond acceptors (Lipinski definition) is 2. The third kappa shape index (κ3) is 2.53. The second-order valence-corrected chi connectivity index (χ2v) is 3.99. The molecule has 13 heavy (non-hydrogen) atoms. The van der Waals surface area contributed by atoms with Crippen LogP contribution in [-0.2, 0) is 0 Å². The van der Waals surface area contributed by atoms with Crippen LogP contribution in [0.25, 0.3) is 0 Å². The van der Waals surface area contributed by atoms with Crippen LogP contribution in [-0.4, -0.2) is 18.3 Å². The second kappa shape index (κ2) is 4.74. The minimum atomic E-state index is 0.0364. The van der Waals surface area contributed by atoms with Gasteiger partial charge < -0.3 is 10.8 Å². The van der Waals surface area contributed by atoms with Crippen LogP contribution in [0.15, 0.2) is 22.7 Å². The van der Waals surface area contributed by atoms with Gasteiger partial charge in [-0.05, 0) is 18.6 Å². The molecule has 0 aliphatic carbocycles. The highest BCUT2D eigenvalue weighted by Crippen LogP contribution is 2.25. The maximum atomic E-state index is 9.09. The molecular formula is C10H14BrNO. The molecule has 0 aliphatic rings. The average molecular weight is 244 g/mol. The van der Waals surface area contributed by atoms with Crippen LogP contribution in [0.5, 0.6) is 0 Å². The van der Waals surface area contributed by atoms with Gasteiger partial charge in [0.25, 0.3) is 0 Å². The first kappa shape index (κ1) is 10.7. The Kier molecular flexibility index (Phi) is 3.90. The largest absolute Gasteiger partial charge is 0.396 e. The summed E-state index contributed by atoms with van der Waals surface area (Å²) in [7, 11) is 0. The van der Waals surface area contributed by atoms with Crippen LogP contribution < -0.4 is 5.73 Å². The Balaban J connectivity index is 3.03. The van der Waals surface area contributed by atoms with Gasteiger partial charge in [-0.2, -0.15) is 0 Å². The topological polar surface area (TPSA) is 46.2 Å². The standard InChI is InChI=1S/C10H14BrNO/c1-7-2-3-10(11)9(4-7)8(5-12)6-13/h2-4,8,13H,5-6,12H2,1H3. The summed E-state index contributed by atoms with van der Waals surface area (Å²) in [5.74, 6) is 0.0364. The van der Waals surface area contributed by atoms with Crippen molar-refractivity contribution in [1.29, 1.82) is 0 Å². The van der Waals surface area contributed by atoms with Crippen LogP contribution >= 0.6 is 15.9 Å². The van der Waals surface area contributed by atoms with Crippen LogP contribution in [0.3, 0.4) is 0 Å². The Bertz CT molecular complexity index is 284. The molecule has 72 valence electrons. The van der Waals surface area contributed by atoms with Gasteiger partial charge in [0.05, 0.1) is 6.61 Å². The first-order valence-corrected chi connectivity index (χ1v) is 5.05. The third-order valence-electron chi connectivity index (χ3n) is 2.10. The van der Waals surface area contributed by atoms with Gasteiger partial charge in [-0.25, -0.2) is 0 Å². The van der Waals surface area contributed by atoms with Crippen molar-refractivity contribution >= 4 is 15.9 Å². The van der Waals surface area contributed by atoms with Crippen molar-refractivity contribution in [2.75, 3.05) is 13.2 Å². The fraction of sp³-hybridized carbons (Fsp3) is 0.400. The highest BCUT2D eigenvalue weighted by molar-refractivity contribution is 9.10. The van der Waals surface area contributed by atoms with E-state index in [0.717, 1.165) is 10.0 Å². The molecule has 0 bridgehead atoms. The molecule has 1 aromatic rings. The summed E-state index contributed by atoms with van der Waals surface area (Å²) in [6, 6.07) is 6.07. The molecule has 0 heterocycles. The van der Waals surface area contributed by atoms with Gasteiger partial charge >= 0.3 is 0 Å². The second-order valence-electron chi connectivity index (χ2n) is 3.14. The molecule has 0 saturated heterocycles. The fourth-order valence-electron chi connectivity index (χ4n) is 1.28. The number of halogens is 1. The van der Waals surface area contributed by atoms with E-state index < -0.39 is 0 Å². The van der Waals surface area contributed by atoms with Crippen LogP contribution in [0, 0.1) is 6.92 Å². The molecule has 0 amide bonds. The van der Waals surface area contributed by atoms with E-state index in [4.69, 9.17) is 10.8 Å². The number of benzene rings is 1. The number of aryl methyl sites for hydroxylation is 1. The van der Waals surface area contributed by atoms with Gasteiger partial charge in [-0.3, -0.25) is 0 Å². The maximum absolute atomic E-state index is 9.09. The number of rotatable bonds is 3. The van der Waals surface area contributed by atoms with Crippen molar-refractivity contribution in [2.45, 2.75) is 12.8 Å². The van der Waals surface area contributed by atoms with E-state index in [2.05, 4.69) is 22.0 Å². The number of aliphatic hydroxyl groups excluding tert-OH is 1. The number of nitrogens with two attached hydrogens (primary N) is 1. The van der Waals surface area contributed by atoms with Crippen molar-refractivity contribution in [1.82, 2.24) is 0 Å². The summed E-state index contributed by atoms with van der Waals surface area (Å²) in [6.07, 6.45) is 0. The van der Waals surface area contributed by atoms with E-state index >= 15 is 0 Å². The van der Waals surface area contributed by atoms with Gasteiger partial charge in [0.15, 0.2) is 0 Å². The molecule has 1 rings (SSSR count). The maximum Gasteiger partial charge on any atom is 0.0512 e. The van der Waals surface area contributed by atoms with Crippen molar-refractivity contribution < 1.29 is 5.11 Å². The highest BCUT2D eigenvalue weighted by atomic mass is 79.9. The zero-order valence-corrected chi connectivity index (χ0v) is 9.21. The molecule has 2 nitrogen and oxygen atoms in total. The monoisotopic (exact) mass is 243 g/mol. The van der Waals surface area contributed by atoms with Crippen molar-refractivity contribution in [3.8, 4) is 0 Å². The quantitative estimate of drug-likeness (QED) is 0.851. The van der Waals surface area contributed by atoms with Gasteiger partial charge in [0, 0.05) is 16.9 Å². The Morgan fingerprint density at radius 2 is 2.23 bits per heavy atom. The smallest absolute Gasteiger partial charge is 0.0512 e. The lowest BCUT2D eigenvalue weighted by molar-refractivity contribution is 0.267. The van der Waals surface area contributed by atoms with Crippen molar-refractivity contribution in [3.63, 3.8) is 0 Å². The average Bonchev–Trinajstić information content (AvgIpc) is 2.13. The molecule has 0 aromatic heterocycles. The molecule has 3 heteroatoms. The molecule has 3 N–H and O–H groups in total. The predicted molar refractivity (Wildman–Crippen MR) is 57.8 cm³/mol. The number of aliphatic hydroxyl groups is 1. The van der Waals surface area contributed by atoms with Crippen LogP contribution in [0.4, 0.5) is 0 Å². The van der Waals surface area contributed by atoms with E-state index in [-0.39, 0.29) is 12.5 Å². The van der Waals surface area contributed by atoms with E-state index in [0.29, 0.717) is 6.54 Å². The summed E-state index contributed by atoms with van der Waals surface area (Å²) < 4.78 is 1.02. The SMILES string of the molecule is Cc1ccc(Br)c(C(CN)CO)c1. The molecule has 1 atom stereocenters. The zero-order chi connectivity index (χ0) is 9.84. The van der Waals surface area contributed by atoms with E-state index in [1.54, 1.807) is 0 Å².